The maximum atomic E-state index is 9.24. The van der Waals surface area contributed by atoms with Crippen LogP contribution in [0, 0.1) is 11.3 Å². The Morgan fingerprint density at radius 3 is 2.92 bits per heavy atom. The molecule has 3 heteroatoms. The van der Waals surface area contributed by atoms with E-state index in [4.69, 9.17) is 0 Å². The van der Waals surface area contributed by atoms with Crippen molar-refractivity contribution in [2.75, 3.05) is 18.0 Å². The zero-order valence-electron chi connectivity index (χ0n) is 13.6. The van der Waals surface area contributed by atoms with E-state index in [-0.39, 0.29) is 0 Å². The number of aryl methyl sites for hydroxylation is 1. The van der Waals surface area contributed by atoms with E-state index in [0.717, 1.165) is 37.9 Å². The fraction of sp³-hybridized carbons (Fsp3) is 0.238. The van der Waals surface area contributed by atoms with Crippen LogP contribution in [-0.2, 0) is 12.8 Å². The first-order valence-corrected chi connectivity index (χ1v) is 8.45. The van der Waals surface area contributed by atoms with Gasteiger partial charge in [-0.05, 0) is 47.9 Å². The van der Waals surface area contributed by atoms with Gasteiger partial charge in [0.2, 0.25) is 0 Å². The van der Waals surface area contributed by atoms with Crippen LogP contribution in [0.1, 0.15) is 23.1 Å². The molecule has 1 aliphatic heterocycles. The van der Waals surface area contributed by atoms with E-state index in [9.17, 15) is 5.26 Å². The van der Waals surface area contributed by atoms with E-state index in [1.54, 1.807) is 0 Å². The van der Waals surface area contributed by atoms with Crippen molar-refractivity contribution in [3.63, 3.8) is 0 Å². The molecular weight excluding hydrogens is 294 g/mol. The Morgan fingerprint density at radius 1 is 1.08 bits per heavy atom. The van der Waals surface area contributed by atoms with Gasteiger partial charge in [0.05, 0.1) is 11.6 Å². The van der Waals surface area contributed by atoms with Gasteiger partial charge in [0.15, 0.2) is 0 Å². The van der Waals surface area contributed by atoms with E-state index in [0.29, 0.717) is 0 Å². The van der Waals surface area contributed by atoms with Gasteiger partial charge in [0, 0.05) is 36.6 Å². The summed E-state index contributed by atoms with van der Waals surface area (Å²) in [5.41, 5.74) is 4.60. The quantitative estimate of drug-likeness (QED) is 0.728. The summed E-state index contributed by atoms with van der Waals surface area (Å²) in [5.74, 6) is 0. The molecule has 0 N–H and O–H groups in total. The van der Waals surface area contributed by atoms with E-state index in [1.165, 1.54) is 27.6 Å². The molecule has 0 aliphatic carbocycles. The van der Waals surface area contributed by atoms with Gasteiger partial charge in [0.1, 0.15) is 0 Å². The molecule has 4 rings (SSSR count). The molecule has 1 aromatic heterocycles. The van der Waals surface area contributed by atoms with Gasteiger partial charge < -0.3 is 4.90 Å². The minimum Gasteiger partial charge on any atom is -0.371 e. The fourth-order valence-electron chi connectivity index (χ4n) is 3.68. The van der Waals surface area contributed by atoms with Crippen LogP contribution in [0.3, 0.4) is 0 Å². The summed E-state index contributed by atoms with van der Waals surface area (Å²) in [5, 5.41) is 11.8. The van der Waals surface area contributed by atoms with Crippen LogP contribution in [0.2, 0.25) is 0 Å². The fourth-order valence-corrected chi connectivity index (χ4v) is 3.68. The number of hydrogen-bond donors (Lipinski definition) is 0. The second-order valence-corrected chi connectivity index (χ2v) is 6.28. The third-order valence-corrected chi connectivity index (χ3v) is 4.87. The zero-order chi connectivity index (χ0) is 16.4. The number of aromatic nitrogens is 1. The van der Waals surface area contributed by atoms with Crippen molar-refractivity contribution < 1.29 is 0 Å². The van der Waals surface area contributed by atoms with Gasteiger partial charge in [-0.25, -0.2) is 0 Å². The van der Waals surface area contributed by atoms with Crippen molar-refractivity contribution >= 4 is 16.5 Å². The average molecular weight is 313 g/mol. The van der Waals surface area contributed by atoms with Gasteiger partial charge >= 0.3 is 0 Å². The molecule has 0 atom stereocenters. The lowest BCUT2D eigenvalue weighted by Crippen LogP contribution is -2.22. The summed E-state index contributed by atoms with van der Waals surface area (Å²) >= 11 is 0. The third kappa shape index (κ3) is 2.61. The number of rotatable bonds is 4. The number of pyridine rings is 1. The highest BCUT2D eigenvalue weighted by Gasteiger charge is 2.21. The van der Waals surface area contributed by atoms with Gasteiger partial charge in [-0.15, -0.1) is 0 Å². The third-order valence-electron chi connectivity index (χ3n) is 4.87. The summed E-state index contributed by atoms with van der Waals surface area (Å²) < 4.78 is 0. The van der Waals surface area contributed by atoms with E-state index >= 15 is 0 Å². The highest BCUT2D eigenvalue weighted by molar-refractivity contribution is 5.84. The minimum absolute atomic E-state index is 0.827. The van der Waals surface area contributed by atoms with Crippen molar-refractivity contribution in [2.24, 2.45) is 0 Å². The zero-order valence-corrected chi connectivity index (χ0v) is 13.6. The average Bonchev–Trinajstić information content (AvgIpc) is 3.05. The lowest BCUT2D eigenvalue weighted by atomic mass is 10.0. The summed E-state index contributed by atoms with van der Waals surface area (Å²) in [6.45, 7) is 2.03. The Labute approximate surface area is 142 Å². The summed E-state index contributed by atoms with van der Waals surface area (Å²) in [6, 6.07) is 16.8. The van der Waals surface area contributed by atoms with Crippen LogP contribution in [0.15, 0.2) is 54.9 Å². The Balaban J connectivity index is 1.47. The highest BCUT2D eigenvalue weighted by atomic mass is 15.1. The van der Waals surface area contributed by atoms with Gasteiger partial charge in [-0.1, -0.05) is 30.3 Å². The first-order valence-electron chi connectivity index (χ1n) is 8.45. The van der Waals surface area contributed by atoms with Gasteiger partial charge in [-0.2, -0.15) is 5.26 Å². The molecule has 1 aliphatic rings. The lowest BCUT2D eigenvalue weighted by Gasteiger charge is -2.19. The van der Waals surface area contributed by atoms with Crippen LogP contribution >= 0.6 is 0 Å². The van der Waals surface area contributed by atoms with Crippen molar-refractivity contribution in [1.82, 2.24) is 4.98 Å². The monoisotopic (exact) mass is 313 g/mol. The predicted molar refractivity (Wildman–Crippen MR) is 97.1 cm³/mol. The number of fused-ring (bicyclic) bond motifs is 2. The predicted octanol–water partition coefficient (Wildman–Crippen LogP) is 4.10. The molecule has 0 spiro atoms. The first-order chi connectivity index (χ1) is 11.9. The SMILES string of the molecule is N#Cc1cccc2c1CCN2CCCc1cncc2ccccc12. The molecule has 118 valence electrons. The largest absolute Gasteiger partial charge is 0.371 e. The minimum atomic E-state index is 0.827. The van der Waals surface area contributed by atoms with Crippen LogP contribution in [0.5, 0.6) is 0 Å². The Kier molecular flexibility index (Phi) is 3.88. The van der Waals surface area contributed by atoms with E-state index < -0.39 is 0 Å². The Morgan fingerprint density at radius 2 is 2.00 bits per heavy atom. The molecule has 0 saturated carbocycles. The van der Waals surface area contributed by atoms with Crippen molar-refractivity contribution in [3.8, 4) is 6.07 Å². The topological polar surface area (TPSA) is 39.9 Å². The van der Waals surface area contributed by atoms with Crippen LogP contribution in [0.4, 0.5) is 5.69 Å². The normalized spacial score (nSPS) is 13.0. The Hall–Kier alpha value is -2.86. The molecule has 24 heavy (non-hydrogen) atoms. The van der Waals surface area contributed by atoms with Crippen molar-refractivity contribution in [3.05, 3.63) is 71.5 Å². The molecule has 0 radical (unpaired) electrons. The van der Waals surface area contributed by atoms with Crippen LogP contribution in [0.25, 0.3) is 10.8 Å². The maximum absolute atomic E-state index is 9.24. The molecule has 3 aromatic rings. The molecule has 0 unspecified atom stereocenters. The molecule has 2 aromatic carbocycles. The summed E-state index contributed by atoms with van der Waals surface area (Å²) in [7, 11) is 0. The molecule has 0 fully saturated rings. The van der Waals surface area contributed by atoms with E-state index in [1.807, 2.05) is 24.5 Å². The molecular formula is C21H19N3. The highest BCUT2D eigenvalue weighted by Crippen LogP contribution is 2.30. The smallest absolute Gasteiger partial charge is 0.0995 e. The molecule has 3 nitrogen and oxygen atoms in total. The number of nitriles is 1. The second-order valence-electron chi connectivity index (χ2n) is 6.28. The van der Waals surface area contributed by atoms with Gasteiger partial charge in [-0.3, -0.25) is 4.98 Å². The Bertz CT molecular complexity index is 919. The standard InChI is InChI=1S/C21H19N3/c22-13-16-6-3-9-21-20(16)10-12-24(21)11-4-7-18-15-23-14-17-5-1-2-8-19(17)18/h1-3,5-6,8-9,14-15H,4,7,10-12H2. The van der Waals surface area contributed by atoms with Crippen molar-refractivity contribution in [1.29, 1.82) is 5.26 Å². The second kappa shape index (κ2) is 6.33. The molecule has 0 saturated heterocycles. The molecule has 2 heterocycles. The van der Waals surface area contributed by atoms with E-state index in [2.05, 4.69) is 46.3 Å². The number of benzene rings is 2. The number of nitrogens with zero attached hydrogens (tertiary/aromatic N) is 3. The van der Waals surface area contributed by atoms with Crippen LogP contribution in [-0.4, -0.2) is 18.1 Å². The van der Waals surface area contributed by atoms with Gasteiger partial charge in [0.25, 0.3) is 0 Å². The first kappa shape index (κ1) is 14.7. The number of hydrogen-bond acceptors (Lipinski definition) is 3. The maximum Gasteiger partial charge on any atom is 0.0995 e. The molecule has 0 bridgehead atoms. The summed E-state index contributed by atoms with van der Waals surface area (Å²) in [6.07, 6.45) is 7.02. The summed E-state index contributed by atoms with van der Waals surface area (Å²) in [4.78, 5) is 6.78. The lowest BCUT2D eigenvalue weighted by molar-refractivity contribution is 0.752. The molecule has 0 amide bonds. The van der Waals surface area contributed by atoms with Crippen LogP contribution < -0.4 is 4.90 Å². The van der Waals surface area contributed by atoms with Crippen molar-refractivity contribution in [2.45, 2.75) is 19.3 Å². The number of anilines is 1.